The molecule has 0 spiro atoms. The highest BCUT2D eigenvalue weighted by molar-refractivity contribution is 5.81. The summed E-state index contributed by atoms with van der Waals surface area (Å²) >= 11 is 0. The van der Waals surface area contributed by atoms with Crippen LogP contribution < -0.4 is 10.4 Å². The first-order valence-electron chi connectivity index (χ1n) is 7.27. The largest absolute Gasteiger partial charge is 0.494 e. The molecule has 1 fully saturated rings. The Morgan fingerprint density at radius 3 is 3.00 bits per heavy atom. The van der Waals surface area contributed by atoms with E-state index >= 15 is 0 Å². The number of nitrogens with one attached hydrogen (secondary N) is 1. The van der Waals surface area contributed by atoms with Gasteiger partial charge in [0.15, 0.2) is 0 Å². The van der Waals surface area contributed by atoms with Gasteiger partial charge in [-0.05, 0) is 37.9 Å². The van der Waals surface area contributed by atoms with Crippen LogP contribution in [0.15, 0.2) is 23.0 Å². The van der Waals surface area contributed by atoms with Gasteiger partial charge in [-0.15, -0.1) is 0 Å². The maximum atomic E-state index is 12.4. The van der Waals surface area contributed by atoms with E-state index in [0.717, 1.165) is 36.3 Å². The van der Waals surface area contributed by atoms with Gasteiger partial charge in [-0.1, -0.05) is 13.0 Å². The summed E-state index contributed by atoms with van der Waals surface area (Å²) in [5.41, 5.74) is 1.68. The number of aromatic amines is 1. The first kappa shape index (κ1) is 13.2. The molecule has 1 aromatic carbocycles. The number of ether oxygens (including phenoxy) is 1. The van der Waals surface area contributed by atoms with Crippen LogP contribution in [-0.4, -0.2) is 34.7 Å². The SMILES string of the molecule is CCN1CCCCC1n1c(=O)[nH]c2c(OC)cccc21. The maximum absolute atomic E-state index is 12.4. The molecule has 0 radical (unpaired) electrons. The lowest BCUT2D eigenvalue weighted by Crippen LogP contribution is -2.40. The van der Waals surface area contributed by atoms with Crippen molar-refractivity contribution in [3.05, 3.63) is 28.7 Å². The van der Waals surface area contributed by atoms with Gasteiger partial charge >= 0.3 is 5.69 Å². The van der Waals surface area contributed by atoms with Crippen molar-refractivity contribution in [3.8, 4) is 5.75 Å². The molecule has 20 heavy (non-hydrogen) atoms. The highest BCUT2D eigenvalue weighted by Gasteiger charge is 2.26. The van der Waals surface area contributed by atoms with Crippen molar-refractivity contribution >= 4 is 11.0 Å². The molecule has 1 aliphatic rings. The van der Waals surface area contributed by atoms with Gasteiger partial charge in [0.1, 0.15) is 11.3 Å². The maximum Gasteiger partial charge on any atom is 0.327 e. The average molecular weight is 275 g/mol. The molecule has 1 aromatic heterocycles. The Morgan fingerprint density at radius 1 is 1.40 bits per heavy atom. The molecule has 0 aliphatic carbocycles. The van der Waals surface area contributed by atoms with Crippen molar-refractivity contribution in [2.75, 3.05) is 20.2 Å². The molecule has 1 N–H and O–H groups in total. The molecule has 1 saturated heterocycles. The van der Waals surface area contributed by atoms with E-state index in [1.807, 2.05) is 22.8 Å². The zero-order valence-electron chi connectivity index (χ0n) is 12.1. The minimum absolute atomic E-state index is 0.0464. The molecule has 0 saturated carbocycles. The van der Waals surface area contributed by atoms with Gasteiger partial charge in [0, 0.05) is 6.54 Å². The van der Waals surface area contributed by atoms with Crippen LogP contribution in [-0.2, 0) is 0 Å². The summed E-state index contributed by atoms with van der Waals surface area (Å²) < 4.78 is 7.23. The third kappa shape index (κ3) is 2.02. The lowest BCUT2D eigenvalue weighted by molar-refractivity contribution is 0.103. The molecule has 1 atom stereocenters. The number of H-pyrrole nitrogens is 1. The molecule has 0 amide bonds. The van der Waals surface area contributed by atoms with Crippen LogP contribution in [0, 0.1) is 0 Å². The van der Waals surface area contributed by atoms with Crippen LogP contribution in [0.2, 0.25) is 0 Å². The number of benzene rings is 1. The molecule has 5 nitrogen and oxygen atoms in total. The predicted molar refractivity (Wildman–Crippen MR) is 79.2 cm³/mol. The number of piperidine rings is 1. The Balaban J connectivity index is 2.15. The average Bonchev–Trinajstić information content (AvgIpc) is 2.82. The van der Waals surface area contributed by atoms with E-state index in [-0.39, 0.29) is 11.9 Å². The van der Waals surface area contributed by atoms with Crippen LogP contribution in [0.3, 0.4) is 0 Å². The van der Waals surface area contributed by atoms with Crippen molar-refractivity contribution < 1.29 is 4.74 Å². The van der Waals surface area contributed by atoms with Gasteiger partial charge in [0.05, 0.1) is 18.8 Å². The van der Waals surface area contributed by atoms with Crippen LogP contribution in [0.1, 0.15) is 32.4 Å². The normalized spacial score (nSPS) is 20.4. The number of fused-ring (bicyclic) bond motifs is 1. The molecule has 2 aromatic rings. The number of methoxy groups -OCH3 is 1. The first-order valence-corrected chi connectivity index (χ1v) is 7.27. The minimum atomic E-state index is -0.0464. The van der Waals surface area contributed by atoms with Gasteiger partial charge in [-0.25, -0.2) is 4.79 Å². The third-order valence-electron chi connectivity index (χ3n) is 4.22. The second-order valence-corrected chi connectivity index (χ2v) is 5.26. The lowest BCUT2D eigenvalue weighted by Gasteiger charge is -2.35. The fourth-order valence-electron chi connectivity index (χ4n) is 3.22. The van der Waals surface area contributed by atoms with Crippen LogP contribution in [0.4, 0.5) is 0 Å². The molecule has 108 valence electrons. The topological polar surface area (TPSA) is 50.3 Å². The predicted octanol–water partition coefficient (Wildman–Crippen LogP) is 2.34. The molecule has 3 rings (SSSR count). The number of hydrogen-bond donors (Lipinski definition) is 1. The summed E-state index contributed by atoms with van der Waals surface area (Å²) in [4.78, 5) is 17.7. The number of aromatic nitrogens is 2. The number of imidazole rings is 1. The number of hydrogen-bond acceptors (Lipinski definition) is 3. The molecular weight excluding hydrogens is 254 g/mol. The van der Waals surface area contributed by atoms with E-state index in [9.17, 15) is 4.79 Å². The lowest BCUT2D eigenvalue weighted by atomic mass is 10.1. The van der Waals surface area contributed by atoms with Gasteiger partial charge in [-0.3, -0.25) is 9.47 Å². The highest BCUT2D eigenvalue weighted by atomic mass is 16.5. The fraction of sp³-hybridized carbons (Fsp3) is 0.533. The third-order valence-corrected chi connectivity index (χ3v) is 4.22. The molecular formula is C15H21N3O2. The van der Waals surface area contributed by atoms with Crippen LogP contribution in [0.5, 0.6) is 5.75 Å². The zero-order valence-corrected chi connectivity index (χ0v) is 12.1. The van der Waals surface area contributed by atoms with Gasteiger partial charge in [0.25, 0.3) is 0 Å². The summed E-state index contributed by atoms with van der Waals surface area (Å²) in [6.45, 7) is 4.18. The van der Waals surface area contributed by atoms with E-state index < -0.39 is 0 Å². The Bertz CT molecular complexity index is 659. The number of nitrogens with zero attached hydrogens (tertiary/aromatic N) is 2. The standard InChI is InChI=1S/C15H21N3O2/c1-3-17-10-5-4-9-13(17)18-11-7-6-8-12(20-2)14(11)16-15(18)19/h6-8,13H,3-5,9-10H2,1-2H3,(H,16,19). The number of para-hydroxylation sites is 1. The van der Waals surface area contributed by atoms with Crippen LogP contribution >= 0.6 is 0 Å². The van der Waals surface area contributed by atoms with Crippen LogP contribution in [0.25, 0.3) is 11.0 Å². The van der Waals surface area contributed by atoms with Crippen molar-refractivity contribution in [3.63, 3.8) is 0 Å². The van der Waals surface area contributed by atoms with Gasteiger partial charge in [-0.2, -0.15) is 0 Å². The molecule has 1 aliphatic heterocycles. The number of rotatable bonds is 3. The van der Waals surface area contributed by atoms with E-state index in [0.29, 0.717) is 0 Å². The Kier molecular flexibility index (Phi) is 3.53. The Hall–Kier alpha value is -1.75. The second-order valence-electron chi connectivity index (χ2n) is 5.26. The van der Waals surface area contributed by atoms with Gasteiger partial charge < -0.3 is 9.72 Å². The quantitative estimate of drug-likeness (QED) is 0.935. The number of likely N-dealkylation sites (tertiary alicyclic amines) is 1. The monoisotopic (exact) mass is 275 g/mol. The molecule has 1 unspecified atom stereocenters. The Morgan fingerprint density at radius 2 is 2.25 bits per heavy atom. The summed E-state index contributed by atoms with van der Waals surface area (Å²) in [6.07, 6.45) is 3.56. The molecule has 5 heteroatoms. The summed E-state index contributed by atoms with van der Waals surface area (Å²) in [7, 11) is 1.63. The molecule has 2 heterocycles. The van der Waals surface area contributed by atoms with Crippen molar-refractivity contribution in [1.82, 2.24) is 14.5 Å². The highest BCUT2D eigenvalue weighted by Crippen LogP contribution is 2.29. The van der Waals surface area contributed by atoms with Crippen molar-refractivity contribution in [1.29, 1.82) is 0 Å². The minimum Gasteiger partial charge on any atom is -0.494 e. The smallest absolute Gasteiger partial charge is 0.327 e. The Labute approximate surface area is 118 Å². The van der Waals surface area contributed by atoms with E-state index in [1.165, 1.54) is 12.8 Å². The summed E-state index contributed by atoms with van der Waals surface area (Å²) in [5, 5.41) is 0. The summed E-state index contributed by atoms with van der Waals surface area (Å²) in [5.74, 6) is 0.720. The molecule has 0 bridgehead atoms. The van der Waals surface area contributed by atoms with Crippen molar-refractivity contribution in [2.45, 2.75) is 32.4 Å². The van der Waals surface area contributed by atoms with E-state index in [4.69, 9.17) is 4.74 Å². The van der Waals surface area contributed by atoms with E-state index in [1.54, 1.807) is 7.11 Å². The second kappa shape index (κ2) is 5.32. The summed E-state index contributed by atoms with van der Waals surface area (Å²) in [6, 6.07) is 5.79. The van der Waals surface area contributed by atoms with E-state index in [2.05, 4.69) is 16.8 Å². The first-order chi connectivity index (χ1) is 9.76. The van der Waals surface area contributed by atoms with Gasteiger partial charge in [0.2, 0.25) is 0 Å². The zero-order chi connectivity index (χ0) is 14.1. The van der Waals surface area contributed by atoms with Crippen molar-refractivity contribution in [2.24, 2.45) is 0 Å². The fourth-order valence-corrected chi connectivity index (χ4v) is 3.22.